The molecule has 0 radical (unpaired) electrons. The normalized spacial score (nSPS) is 17.5. The van der Waals surface area contributed by atoms with Crippen LogP contribution in [0.15, 0.2) is 46.9 Å². The van der Waals surface area contributed by atoms with E-state index in [1.165, 1.54) is 0 Å². The molecule has 1 saturated heterocycles. The number of carbonyl (C=O) groups is 1. The van der Waals surface area contributed by atoms with Gasteiger partial charge in [-0.25, -0.2) is 0 Å². The molecule has 1 unspecified atom stereocenters. The Labute approximate surface area is 178 Å². The predicted molar refractivity (Wildman–Crippen MR) is 110 cm³/mol. The van der Waals surface area contributed by atoms with Crippen molar-refractivity contribution in [2.75, 3.05) is 19.9 Å². The van der Waals surface area contributed by atoms with Crippen LogP contribution in [0.4, 0.5) is 0 Å². The number of hydrogen-bond donors (Lipinski definition) is 0. The van der Waals surface area contributed by atoms with E-state index in [0.717, 1.165) is 29.1 Å². The highest BCUT2D eigenvalue weighted by Gasteiger charge is 2.28. The van der Waals surface area contributed by atoms with Gasteiger partial charge < -0.3 is 18.8 Å². The summed E-state index contributed by atoms with van der Waals surface area (Å²) in [7, 11) is 0. The van der Waals surface area contributed by atoms with Crippen LogP contribution < -0.4 is 9.47 Å². The van der Waals surface area contributed by atoms with Crippen molar-refractivity contribution in [3.8, 4) is 23.0 Å². The fourth-order valence-corrected chi connectivity index (χ4v) is 4.21. The van der Waals surface area contributed by atoms with Crippen LogP contribution in [0.2, 0.25) is 5.02 Å². The molecule has 0 N–H and O–H groups in total. The molecule has 2 aromatic carbocycles. The van der Waals surface area contributed by atoms with Crippen molar-refractivity contribution in [2.24, 2.45) is 0 Å². The molecule has 0 aliphatic carbocycles. The zero-order valence-electron chi connectivity index (χ0n) is 16.2. The number of benzene rings is 2. The van der Waals surface area contributed by atoms with Gasteiger partial charge in [-0.2, -0.15) is 0 Å². The van der Waals surface area contributed by atoms with Crippen molar-refractivity contribution in [3.05, 3.63) is 58.9 Å². The van der Waals surface area contributed by atoms with Crippen molar-refractivity contribution < 1.29 is 18.7 Å². The van der Waals surface area contributed by atoms with E-state index in [1.807, 2.05) is 47.4 Å². The Hall–Kier alpha value is -3.06. The van der Waals surface area contributed by atoms with Crippen molar-refractivity contribution >= 4 is 17.5 Å². The van der Waals surface area contributed by atoms with Crippen LogP contribution in [0, 0.1) is 0 Å². The minimum absolute atomic E-state index is 0.0902. The molecule has 154 valence electrons. The van der Waals surface area contributed by atoms with Gasteiger partial charge in [-0.1, -0.05) is 29.8 Å². The first-order valence-corrected chi connectivity index (χ1v) is 10.3. The monoisotopic (exact) mass is 425 g/mol. The number of fused-ring (bicyclic) bond motifs is 1. The minimum Gasteiger partial charge on any atom is -0.454 e. The van der Waals surface area contributed by atoms with E-state index in [-0.39, 0.29) is 18.6 Å². The van der Waals surface area contributed by atoms with E-state index in [9.17, 15) is 4.79 Å². The Morgan fingerprint density at radius 1 is 1.13 bits per heavy atom. The second-order valence-corrected chi connectivity index (χ2v) is 7.82. The van der Waals surface area contributed by atoms with Crippen LogP contribution >= 0.6 is 11.6 Å². The summed E-state index contributed by atoms with van der Waals surface area (Å²) >= 11 is 6.31. The molecule has 0 spiro atoms. The molecule has 0 saturated carbocycles. The summed E-state index contributed by atoms with van der Waals surface area (Å²) in [4.78, 5) is 14.5. The number of aromatic nitrogens is 2. The first-order chi connectivity index (χ1) is 14.7. The number of rotatable bonds is 5. The van der Waals surface area contributed by atoms with Crippen LogP contribution in [0.1, 0.15) is 30.2 Å². The maximum atomic E-state index is 12.7. The second-order valence-electron chi connectivity index (χ2n) is 7.42. The zero-order valence-corrected chi connectivity index (χ0v) is 17.0. The van der Waals surface area contributed by atoms with Crippen LogP contribution in [0.25, 0.3) is 11.5 Å². The van der Waals surface area contributed by atoms with Gasteiger partial charge in [0.2, 0.25) is 24.5 Å². The van der Waals surface area contributed by atoms with Crippen molar-refractivity contribution in [2.45, 2.75) is 25.2 Å². The molecule has 3 heterocycles. The standard InChI is InChI=1S/C22H20ClN3O4/c23-17-4-2-1-3-16(17)15-9-10-26(12-15)21(27)8-7-20-24-25-22(30-20)14-5-6-18-19(11-14)29-13-28-18/h1-6,11,15H,7-10,12-13H2. The third-order valence-electron chi connectivity index (χ3n) is 5.53. The average Bonchev–Trinajstić information content (AvgIpc) is 3.52. The van der Waals surface area contributed by atoms with Crippen molar-refractivity contribution in [1.82, 2.24) is 15.1 Å². The Balaban J connectivity index is 1.18. The molecule has 3 aromatic rings. The SMILES string of the molecule is O=C(CCc1nnc(-c2ccc3c(c2)OCO3)o1)N1CCC(c2ccccc2Cl)C1. The Morgan fingerprint density at radius 2 is 2.00 bits per heavy atom. The summed E-state index contributed by atoms with van der Waals surface area (Å²) in [5.41, 5.74) is 1.87. The van der Waals surface area contributed by atoms with Gasteiger partial charge in [0.15, 0.2) is 11.5 Å². The zero-order chi connectivity index (χ0) is 20.5. The molecular formula is C22H20ClN3O4. The molecule has 2 aliphatic heterocycles. The topological polar surface area (TPSA) is 77.7 Å². The fraction of sp³-hybridized carbons (Fsp3) is 0.318. The van der Waals surface area contributed by atoms with E-state index in [1.54, 1.807) is 0 Å². The highest BCUT2D eigenvalue weighted by molar-refractivity contribution is 6.31. The maximum absolute atomic E-state index is 12.7. The number of carbonyl (C=O) groups excluding carboxylic acids is 1. The molecule has 1 fully saturated rings. The van der Waals surface area contributed by atoms with Crippen molar-refractivity contribution in [1.29, 1.82) is 0 Å². The lowest BCUT2D eigenvalue weighted by Crippen LogP contribution is -2.28. The maximum Gasteiger partial charge on any atom is 0.247 e. The third-order valence-corrected chi connectivity index (χ3v) is 5.87. The van der Waals surface area contributed by atoms with E-state index >= 15 is 0 Å². The summed E-state index contributed by atoms with van der Waals surface area (Å²) in [6.45, 7) is 1.64. The number of nitrogens with zero attached hydrogens (tertiary/aromatic N) is 3. The molecule has 1 aromatic heterocycles. The summed E-state index contributed by atoms with van der Waals surface area (Å²) in [6.07, 6.45) is 1.66. The second kappa shape index (κ2) is 7.99. The van der Waals surface area contributed by atoms with Gasteiger partial charge in [-0.15, -0.1) is 10.2 Å². The summed E-state index contributed by atoms with van der Waals surface area (Å²) in [5, 5.41) is 8.94. The summed E-state index contributed by atoms with van der Waals surface area (Å²) < 4.78 is 16.4. The van der Waals surface area contributed by atoms with E-state index in [4.69, 9.17) is 25.5 Å². The van der Waals surface area contributed by atoms with Gasteiger partial charge in [0.1, 0.15) is 0 Å². The highest BCUT2D eigenvalue weighted by atomic mass is 35.5. The van der Waals surface area contributed by atoms with Crippen LogP contribution in [-0.4, -0.2) is 40.9 Å². The number of likely N-dealkylation sites (tertiary alicyclic amines) is 1. The largest absolute Gasteiger partial charge is 0.454 e. The minimum atomic E-state index is 0.0902. The first-order valence-electron chi connectivity index (χ1n) is 9.92. The summed E-state index contributed by atoms with van der Waals surface area (Å²) in [6, 6.07) is 13.3. The number of aryl methyl sites for hydroxylation is 1. The van der Waals surface area contributed by atoms with Gasteiger partial charge in [0, 0.05) is 42.4 Å². The smallest absolute Gasteiger partial charge is 0.247 e. The van der Waals surface area contributed by atoms with Gasteiger partial charge in [-0.05, 0) is 36.2 Å². The van der Waals surface area contributed by atoms with Crippen molar-refractivity contribution in [3.63, 3.8) is 0 Å². The summed E-state index contributed by atoms with van der Waals surface area (Å²) in [5.74, 6) is 2.57. The Bertz CT molecular complexity index is 1080. The van der Waals surface area contributed by atoms with E-state index in [2.05, 4.69) is 10.2 Å². The number of hydrogen-bond acceptors (Lipinski definition) is 6. The molecule has 1 amide bonds. The fourth-order valence-electron chi connectivity index (χ4n) is 3.92. The highest BCUT2D eigenvalue weighted by Crippen LogP contribution is 2.35. The van der Waals surface area contributed by atoms with Crippen LogP contribution in [0.5, 0.6) is 11.5 Å². The lowest BCUT2D eigenvalue weighted by atomic mass is 9.98. The van der Waals surface area contributed by atoms with Gasteiger partial charge in [-0.3, -0.25) is 4.79 Å². The molecule has 2 aliphatic rings. The molecule has 0 bridgehead atoms. The molecule has 30 heavy (non-hydrogen) atoms. The van der Waals surface area contributed by atoms with E-state index < -0.39 is 0 Å². The van der Waals surface area contributed by atoms with Gasteiger partial charge in [0.05, 0.1) is 0 Å². The number of ether oxygens (including phenoxy) is 2. The number of halogens is 1. The molecular weight excluding hydrogens is 406 g/mol. The predicted octanol–water partition coefficient (Wildman–Crippen LogP) is 4.07. The molecule has 5 rings (SSSR count). The van der Waals surface area contributed by atoms with Gasteiger partial charge in [0.25, 0.3) is 0 Å². The quantitative estimate of drug-likeness (QED) is 0.613. The Kier molecular flexibility index (Phi) is 5.04. The molecule has 1 atom stereocenters. The molecule has 7 nitrogen and oxygen atoms in total. The van der Waals surface area contributed by atoms with Crippen LogP contribution in [-0.2, 0) is 11.2 Å². The van der Waals surface area contributed by atoms with E-state index in [0.29, 0.717) is 42.7 Å². The lowest BCUT2D eigenvalue weighted by Gasteiger charge is -2.16. The first kappa shape index (κ1) is 18.9. The average molecular weight is 426 g/mol. The molecule has 8 heteroatoms. The third kappa shape index (κ3) is 3.73. The Morgan fingerprint density at radius 3 is 2.90 bits per heavy atom. The van der Waals surface area contributed by atoms with Gasteiger partial charge >= 0.3 is 0 Å². The lowest BCUT2D eigenvalue weighted by molar-refractivity contribution is -0.130. The number of amides is 1. The van der Waals surface area contributed by atoms with Crippen LogP contribution in [0.3, 0.4) is 0 Å².